The van der Waals surface area contributed by atoms with Crippen LogP contribution in [0.4, 0.5) is 5.69 Å². The van der Waals surface area contributed by atoms with Crippen molar-refractivity contribution in [2.24, 2.45) is 0 Å². The molecule has 2 rings (SSSR count). The van der Waals surface area contributed by atoms with Gasteiger partial charge in [0.15, 0.2) is 0 Å². The van der Waals surface area contributed by atoms with Crippen LogP contribution >= 0.6 is 0 Å². The van der Waals surface area contributed by atoms with Gasteiger partial charge in [0.05, 0.1) is 6.10 Å². The number of ether oxygens (including phenoxy) is 1. The summed E-state index contributed by atoms with van der Waals surface area (Å²) < 4.78 is 5.43. The molecule has 1 aromatic carbocycles. The van der Waals surface area contributed by atoms with E-state index in [9.17, 15) is 14.4 Å². The molecule has 1 atom stereocenters. The highest BCUT2D eigenvalue weighted by atomic mass is 16.5. The summed E-state index contributed by atoms with van der Waals surface area (Å²) in [4.78, 5) is 34.0. The van der Waals surface area contributed by atoms with Gasteiger partial charge in [0.1, 0.15) is 0 Å². The fraction of sp³-hybridized carbons (Fsp3) is 0.312. The van der Waals surface area contributed by atoms with Crippen molar-refractivity contribution in [3.8, 4) is 0 Å². The van der Waals surface area contributed by atoms with Crippen LogP contribution < -0.4 is 10.6 Å². The SMILES string of the molecule is O=C(O)/C=C/C(=O)Nc1cccc(C(=O)NC[C@@H]2CCCO2)c1. The molecule has 1 aromatic rings. The second kappa shape index (κ2) is 8.09. The van der Waals surface area contributed by atoms with Crippen molar-refractivity contribution in [3.05, 3.63) is 42.0 Å². The Balaban J connectivity index is 1.91. The van der Waals surface area contributed by atoms with Crippen molar-refractivity contribution in [2.45, 2.75) is 18.9 Å². The maximum Gasteiger partial charge on any atom is 0.328 e. The predicted octanol–water partition coefficient (Wildman–Crippen LogP) is 1.17. The molecule has 0 bridgehead atoms. The lowest BCUT2D eigenvalue weighted by molar-refractivity contribution is -0.131. The highest BCUT2D eigenvalue weighted by Crippen LogP contribution is 2.13. The Morgan fingerprint density at radius 2 is 2.13 bits per heavy atom. The molecule has 1 saturated heterocycles. The van der Waals surface area contributed by atoms with Crippen molar-refractivity contribution in [3.63, 3.8) is 0 Å². The molecule has 1 heterocycles. The van der Waals surface area contributed by atoms with Crippen LogP contribution in [0.1, 0.15) is 23.2 Å². The molecular weight excluding hydrogens is 300 g/mol. The molecule has 7 heteroatoms. The summed E-state index contributed by atoms with van der Waals surface area (Å²) in [6, 6.07) is 6.41. The van der Waals surface area contributed by atoms with Crippen molar-refractivity contribution in [1.82, 2.24) is 5.32 Å². The Bertz CT molecular complexity index is 621. The van der Waals surface area contributed by atoms with Crippen LogP contribution in [-0.4, -0.2) is 42.1 Å². The number of carbonyl (C=O) groups excluding carboxylic acids is 2. The number of amides is 2. The molecule has 122 valence electrons. The molecular formula is C16H18N2O5. The van der Waals surface area contributed by atoms with Gasteiger partial charge in [-0.05, 0) is 31.0 Å². The minimum Gasteiger partial charge on any atom is -0.478 e. The molecule has 2 amide bonds. The Labute approximate surface area is 133 Å². The monoisotopic (exact) mass is 318 g/mol. The minimum absolute atomic E-state index is 0.0583. The van der Waals surface area contributed by atoms with Gasteiger partial charge in [-0.3, -0.25) is 9.59 Å². The fourth-order valence-electron chi connectivity index (χ4n) is 2.18. The van der Waals surface area contributed by atoms with Gasteiger partial charge in [-0.15, -0.1) is 0 Å². The maximum absolute atomic E-state index is 12.1. The molecule has 1 aliphatic rings. The smallest absolute Gasteiger partial charge is 0.328 e. The van der Waals surface area contributed by atoms with Crippen molar-refractivity contribution in [1.29, 1.82) is 0 Å². The molecule has 0 unspecified atom stereocenters. The van der Waals surface area contributed by atoms with E-state index >= 15 is 0 Å². The van der Waals surface area contributed by atoms with Crippen LogP contribution in [0.25, 0.3) is 0 Å². The van der Waals surface area contributed by atoms with Gasteiger partial charge in [-0.1, -0.05) is 6.07 Å². The minimum atomic E-state index is -1.21. The fourth-order valence-corrected chi connectivity index (χ4v) is 2.18. The first-order valence-corrected chi connectivity index (χ1v) is 7.26. The summed E-state index contributed by atoms with van der Waals surface area (Å²) in [5.41, 5.74) is 0.817. The number of benzene rings is 1. The van der Waals surface area contributed by atoms with Crippen molar-refractivity contribution in [2.75, 3.05) is 18.5 Å². The first kappa shape index (κ1) is 16.7. The zero-order valence-corrected chi connectivity index (χ0v) is 12.5. The molecule has 23 heavy (non-hydrogen) atoms. The van der Waals surface area contributed by atoms with E-state index in [-0.39, 0.29) is 12.0 Å². The zero-order valence-electron chi connectivity index (χ0n) is 12.5. The van der Waals surface area contributed by atoms with Gasteiger partial charge in [-0.2, -0.15) is 0 Å². The molecule has 0 radical (unpaired) electrons. The lowest BCUT2D eigenvalue weighted by Gasteiger charge is -2.11. The van der Waals surface area contributed by atoms with Crippen molar-refractivity contribution >= 4 is 23.5 Å². The van der Waals surface area contributed by atoms with E-state index in [1.165, 1.54) is 6.07 Å². The first-order chi connectivity index (χ1) is 11.0. The van der Waals surface area contributed by atoms with E-state index in [1.54, 1.807) is 18.2 Å². The van der Waals surface area contributed by atoms with E-state index in [4.69, 9.17) is 9.84 Å². The van der Waals surface area contributed by atoms with Gasteiger partial charge in [-0.25, -0.2) is 4.79 Å². The number of carboxylic acids is 1. The van der Waals surface area contributed by atoms with Crippen LogP contribution in [0.2, 0.25) is 0 Å². The summed E-state index contributed by atoms with van der Waals surface area (Å²) >= 11 is 0. The number of anilines is 1. The van der Waals surface area contributed by atoms with E-state index in [0.717, 1.165) is 31.6 Å². The molecule has 0 aliphatic carbocycles. The maximum atomic E-state index is 12.1. The third-order valence-electron chi connectivity index (χ3n) is 3.28. The summed E-state index contributed by atoms with van der Waals surface area (Å²) in [5.74, 6) is -2.04. The van der Waals surface area contributed by atoms with E-state index < -0.39 is 11.9 Å². The van der Waals surface area contributed by atoms with E-state index in [2.05, 4.69) is 10.6 Å². The van der Waals surface area contributed by atoms with Crippen LogP contribution in [0, 0.1) is 0 Å². The predicted molar refractivity (Wildman–Crippen MR) is 83.2 cm³/mol. The van der Waals surface area contributed by atoms with Gasteiger partial charge in [0.2, 0.25) is 5.91 Å². The number of carbonyl (C=O) groups is 3. The van der Waals surface area contributed by atoms with Gasteiger partial charge < -0.3 is 20.5 Å². The lowest BCUT2D eigenvalue weighted by atomic mass is 10.1. The van der Waals surface area contributed by atoms with Gasteiger partial charge in [0.25, 0.3) is 5.91 Å². The number of hydrogen-bond acceptors (Lipinski definition) is 4. The number of aliphatic carboxylic acids is 1. The average molecular weight is 318 g/mol. The molecule has 0 saturated carbocycles. The number of nitrogens with one attached hydrogen (secondary N) is 2. The molecule has 0 aromatic heterocycles. The highest BCUT2D eigenvalue weighted by Gasteiger charge is 2.16. The van der Waals surface area contributed by atoms with Crippen LogP contribution in [0.5, 0.6) is 0 Å². The first-order valence-electron chi connectivity index (χ1n) is 7.26. The second-order valence-corrected chi connectivity index (χ2v) is 5.09. The summed E-state index contributed by atoms with van der Waals surface area (Å²) in [7, 11) is 0. The van der Waals surface area contributed by atoms with Crippen LogP contribution in [0.3, 0.4) is 0 Å². The zero-order chi connectivity index (χ0) is 16.7. The lowest BCUT2D eigenvalue weighted by Crippen LogP contribution is -2.31. The van der Waals surface area contributed by atoms with Crippen LogP contribution in [0.15, 0.2) is 36.4 Å². The summed E-state index contributed by atoms with van der Waals surface area (Å²) in [5, 5.41) is 13.8. The van der Waals surface area contributed by atoms with Gasteiger partial charge in [0, 0.05) is 36.6 Å². The normalized spacial score (nSPS) is 17.1. The Morgan fingerprint density at radius 3 is 2.83 bits per heavy atom. The molecule has 1 fully saturated rings. The van der Waals surface area contributed by atoms with Crippen LogP contribution in [-0.2, 0) is 14.3 Å². The third-order valence-corrected chi connectivity index (χ3v) is 3.28. The molecule has 7 nitrogen and oxygen atoms in total. The number of rotatable bonds is 6. The largest absolute Gasteiger partial charge is 0.478 e. The molecule has 1 aliphatic heterocycles. The van der Waals surface area contributed by atoms with Crippen molar-refractivity contribution < 1.29 is 24.2 Å². The number of carboxylic acid groups (broad SMARTS) is 1. The third kappa shape index (κ3) is 5.55. The quantitative estimate of drug-likeness (QED) is 0.683. The Hall–Kier alpha value is -2.67. The summed E-state index contributed by atoms with van der Waals surface area (Å²) in [6.45, 7) is 1.18. The Kier molecular flexibility index (Phi) is 5.87. The number of hydrogen-bond donors (Lipinski definition) is 3. The van der Waals surface area contributed by atoms with E-state index in [1.807, 2.05) is 0 Å². The summed E-state index contributed by atoms with van der Waals surface area (Å²) in [6.07, 6.45) is 3.65. The standard InChI is InChI=1S/C16H18N2O5/c19-14(6-7-15(20)21)18-12-4-1-3-11(9-12)16(22)17-10-13-5-2-8-23-13/h1,3-4,6-7,9,13H,2,5,8,10H2,(H,17,22)(H,18,19)(H,20,21)/b7-6+/t13-/m0/s1. The topological polar surface area (TPSA) is 105 Å². The molecule has 3 N–H and O–H groups in total. The Morgan fingerprint density at radius 1 is 1.30 bits per heavy atom. The highest BCUT2D eigenvalue weighted by molar-refractivity contribution is 6.03. The molecule has 0 spiro atoms. The van der Waals surface area contributed by atoms with Gasteiger partial charge >= 0.3 is 5.97 Å². The second-order valence-electron chi connectivity index (χ2n) is 5.09. The van der Waals surface area contributed by atoms with E-state index in [0.29, 0.717) is 17.8 Å². The average Bonchev–Trinajstić information content (AvgIpc) is 3.04.